The molecule has 0 fully saturated rings. The minimum absolute atomic E-state index is 0.585. The number of rotatable bonds is 6. The van der Waals surface area contributed by atoms with Gasteiger partial charge in [-0.05, 0) is 37.1 Å². The van der Waals surface area contributed by atoms with Gasteiger partial charge in [0.2, 0.25) is 0 Å². The number of hydrogen-bond donors (Lipinski definition) is 1. The Kier molecular flexibility index (Phi) is 4.87. The molecular weight excluding hydrogens is 300 g/mol. The summed E-state index contributed by atoms with van der Waals surface area (Å²) in [5.74, 6) is 1.82. The van der Waals surface area contributed by atoms with Crippen LogP contribution >= 0.6 is 0 Å². The van der Waals surface area contributed by atoms with E-state index in [2.05, 4.69) is 27.1 Å². The molecule has 3 rings (SSSR count). The van der Waals surface area contributed by atoms with Gasteiger partial charge in [0, 0.05) is 12.6 Å². The summed E-state index contributed by atoms with van der Waals surface area (Å²) >= 11 is 0. The summed E-state index contributed by atoms with van der Waals surface area (Å²) in [5, 5.41) is 8.98. The Morgan fingerprint density at radius 3 is 2.88 bits per heavy atom. The standard InChI is InChI=1S/C19H18N4O/c1-2-24-18-6-4-3-5-15(18)7-8-19-22-13-17(23-19)16-11-14(12-20)9-10-21-16/h3-6,9-11,13H,2,7-8H2,1H3,(H,22,23). The highest BCUT2D eigenvalue weighted by atomic mass is 16.5. The van der Waals surface area contributed by atoms with Crippen molar-refractivity contribution in [3.8, 4) is 23.2 Å². The van der Waals surface area contributed by atoms with E-state index in [4.69, 9.17) is 10.00 Å². The second-order valence-electron chi connectivity index (χ2n) is 5.33. The van der Waals surface area contributed by atoms with Crippen molar-refractivity contribution in [2.75, 3.05) is 6.61 Å². The molecule has 120 valence electrons. The molecule has 5 heteroatoms. The first-order valence-corrected chi connectivity index (χ1v) is 7.91. The molecule has 0 bridgehead atoms. The summed E-state index contributed by atoms with van der Waals surface area (Å²) in [6.07, 6.45) is 5.01. The highest BCUT2D eigenvalue weighted by Gasteiger charge is 2.08. The van der Waals surface area contributed by atoms with E-state index in [1.165, 1.54) is 5.56 Å². The molecule has 0 saturated heterocycles. The number of para-hydroxylation sites is 1. The molecule has 0 saturated carbocycles. The Morgan fingerprint density at radius 2 is 2.04 bits per heavy atom. The Balaban J connectivity index is 1.72. The van der Waals surface area contributed by atoms with Gasteiger partial charge in [-0.1, -0.05) is 18.2 Å². The third-order valence-corrected chi connectivity index (χ3v) is 3.70. The summed E-state index contributed by atoms with van der Waals surface area (Å²) in [5.41, 5.74) is 3.30. The molecule has 3 aromatic rings. The number of nitrogens with one attached hydrogen (secondary N) is 1. The van der Waals surface area contributed by atoms with E-state index >= 15 is 0 Å². The molecule has 0 amide bonds. The molecule has 1 aromatic carbocycles. The first-order chi connectivity index (χ1) is 11.8. The van der Waals surface area contributed by atoms with Gasteiger partial charge in [-0.25, -0.2) is 4.98 Å². The van der Waals surface area contributed by atoms with Gasteiger partial charge >= 0.3 is 0 Å². The van der Waals surface area contributed by atoms with Crippen molar-refractivity contribution in [3.63, 3.8) is 0 Å². The van der Waals surface area contributed by atoms with Crippen LogP contribution in [-0.4, -0.2) is 21.6 Å². The maximum atomic E-state index is 8.98. The number of aromatic amines is 1. The fraction of sp³-hybridized carbons (Fsp3) is 0.211. The van der Waals surface area contributed by atoms with E-state index in [1.54, 1.807) is 24.5 Å². The van der Waals surface area contributed by atoms with Crippen LogP contribution < -0.4 is 4.74 Å². The van der Waals surface area contributed by atoms with Crippen molar-refractivity contribution in [1.82, 2.24) is 15.0 Å². The van der Waals surface area contributed by atoms with Crippen molar-refractivity contribution in [3.05, 3.63) is 65.7 Å². The van der Waals surface area contributed by atoms with Crippen LogP contribution in [0.15, 0.2) is 48.8 Å². The molecular formula is C19H18N4O. The Labute approximate surface area is 141 Å². The molecule has 0 spiro atoms. The number of aryl methyl sites for hydroxylation is 2. The summed E-state index contributed by atoms with van der Waals surface area (Å²) in [4.78, 5) is 12.0. The minimum atomic E-state index is 0.585. The van der Waals surface area contributed by atoms with Gasteiger partial charge in [0.15, 0.2) is 0 Å². The zero-order chi connectivity index (χ0) is 16.8. The summed E-state index contributed by atoms with van der Waals surface area (Å²) in [6.45, 7) is 2.64. The number of ether oxygens (including phenoxy) is 1. The molecule has 0 atom stereocenters. The van der Waals surface area contributed by atoms with Gasteiger partial charge in [-0.3, -0.25) is 4.98 Å². The summed E-state index contributed by atoms with van der Waals surface area (Å²) < 4.78 is 5.65. The van der Waals surface area contributed by atoms with Crippen LogP contribution in [0.5, 0.6) is 5.75 Å². The third-order valence-electron chi connectivity index (χ3n) is 3.70. The number of imidazole rings is 1. The number of nitrogens with zero attached hydrogens (tertiary/aromatic N) is 3. The minimum Gasteiger partial charge on any atom is -0.494 e. The van der Waals surface area contributed by atoms with Crippen molar-refractivity contribution >= 4 is 0 Å². The molecule has 0 aliphatic rings. The van der Waals surface area contributed by atoms with E-state index in [0.717, 1.165) is 35.8 Å². The lowest BCUT2D eigenvalue weighted by Crippen LogP contribution is -1.99. The van der Waals surface area contributed by atoms with Crippen LogP contribution in [0.4, 0.5) is 0 Å². The van der Waals surface area contributed by atoms with E-state index in [0.29, 0.717) is 12.2 Å². The average Bonchev–Trinajstić information content (AvgIpc) is 3.10. The van der Waals surface area contributed by atoms with Gasteiger partial charge in [-0.15, -0.1) is 0 Å². The molecule has 2 aromatic heterocycles. The van der Waals surface area contributed by atoms with Crippen LogP contribution in [0.1, 0.15) is 23.9 Å². The van der Waals surface area contributed by atoms with Crippen LogP contribution in [0.2, 0.25) is 0 Å². The first-order valence-electron chi connectivity index (χ1n) is 7.91. The number of nitriles is 1. The molecule has 2 heterocycles. The van der Waals surface area contributed by atoms with Gasteiger partial charge in [0.25, 0.3) is 0 Å². The van der Waals surface area contributed by atoms with E-state index in [9.17, 15) is 0 Å². The Hall–Kier alpha value is -3.13. The lowest BCUT2D eigenvalue weighted by molar-refractivity contribution is 0.336. The molecule has 0 radical (unpaired) electrons. The second-order valence-corrected chi connectivity index (χ2v) is 5.33. The Bertz CT molecular complexity index is 864. The number of hydrogen-bond acceptors (Lipinski definition) is 4. The molecule has 5 nitrogen and oxygen atoms in total. The largest absolute Gasteiger partial charge is 0.494 e. The predicted octanol–water partition coefficient (Wildman–Crippen LogP) is 3.53. The quantitative estimate of drug-likeness (QED) is 0.754. The normalized spacial score (nSPS) is 10.3. The average molecular weight is 318 g/mol. The lowest BCUT2D eigenvalue weighted by Gasteiger charge is -2.08. The summed E-state index contributed by atoms with van der Waals surface area (Å²) in [7, 11) is 0. The molecule has 24 heavy (non-hydrogen) atoms. The van der Waals surface area contributed by atoms with Gasteiger partial charge in [-0.2, -0.15) is 5.26 Å². The zero-order valence-electron chi connectivity index (χ0n) is 13.5. The topological polar surface area (TPSA) is 74.6 Å². The maximum absolute atomic E-state index is 8.98. The van der Waals surface area contributed by atoms with Gasteiger partial charge in [0.1, 0.15) is 11.6 Å². The fourth-order valence-corrected chi connectivity index (χ4v) is 2.53. The van der Waals surface area contributed by atoms with E-state index < -0.39 is 0 Å². The lowest BCUT2D eigenvalue weighted by atomic mass is 10.1. The zero-order valence-corrected chi connectivity index (χ0v) is 13.5. The van der Waals surface area contributed by atoms with E-state index in [-0.39, 0.29) is 0 Å². The molecule has 0 aliphatic heterocycles. The van der Waals surface area contributed by atoms with Crippen LogP contribution in [0.3, 0.4) is 0 Å². The van der Waals surface area contributed by atoms with E-state index in [1.807, 2.05) is 25.1 Å². The van der Waals surface area contributed by atoms with Crippen molar-refractivity contribution in [2.45, 2.75) is 19.8 Å². The third kappa shape index (κ3) is 3.61. The van der Waals surface area contributed by atoms with Gasteiger partial charge < -0.3 is 9.72 Å². The first kappa shape index (κ1) is 15.8. The second kappa shape index (κ2) is 7.42. The highest BCUT2D eigenvalue weighted by Crippen LogP contribution is 2.20. The van der Waals surface area contributed by atoms with Crippen molar-refractivity contribution in [1.29, 1.82) is 5.26 Å². The molecule has 0 unspecified atom stereocenters. The van der Waals surface area contributed by atoms with Crippen LogP contribution in [-0.2, 0) is 12.8 Å². The monoisotopic (exact) mass is 318 g/mol. The predicted molar refractivity (Wildman–Crippen MR) is 91.6 cm³/mol. The molecule has 1 N–H and O–H groups in total. The van der Waals surface area contributed by atoms with Crippen molar-refractivity contribution in [2.24, 2.45) is 0 Å². The van der Waals surface area contributed by atoms with Crippen molar-refractivity contribution < 1.29 is 4.74 Å². The highest BCUT2D eigenvalue weighted by molar-refractivity contribution is 5.55. The maximum Gasteiger partial charge on any atom is 0.122 e. The van der Waals surface area contributed by atoms with Crippen LogP contribution in [0, 0.1) is 11.3 Å². The van der Waals surface area contributed by atoms with Crippen LogP contribution in [0.25, 0.3) is 11.4 Å². The number of H-pyrrole nitrogens is 1. The Morgan fingerprint density at radius 1 is 1.17 bits per heavy atom. The summed E-state index contributed by atoms with van der Waals surface area (Å²) in [6, 6.07) is 13.6. The fourth-order valence-electron chi connectivity index (χ4n) is 2.53. The molecule has 0 aliphatic carbocycles. The number of aromatic nitrogens is 3. The SMILES string of the molecule is CCOc1ccccc1CCc1ncc(-c2cc(C#N)ccn2)[nH]1. The number of pyridine rings is 1. The smallest absolute Gasteiger partial charge is 0.122 e. The number of benzene rings is 1. The van der Waals surface area contributed by atoms with Gasteiger partial charge in [0.05, 0.1) is 35.8 Å².